The Bertz CT molecular complexity index is 407. The summed E-state index contributed by atoms with van der Waals surface area (Å²) in [5, 5.41) is 8.61. The Kier molecular flexibility index (Phi) is 6.18. The summed E-state index contributed by atoms with van der Waals surface area (Å²) >= 11 is 0. The van der Waals surface area contributed by atoms with Gasteiger partial charge >= 0.3 is 0 Å². The zero-order valence-electron chi connectivity index (χ0n) is 14.1. The van der Waals surface area contributed by atoms with Crippen LogP contribution in [0.1, 0.15) is 51.3 Å². The topological polar surface area (TPSA) is 37.2 Å². The van der Waals surface area contributed by atoms with Crippen LogP contribution >= 0.6 is 0 Å². The van der Waals surface area contributed by atoms with E-state index in [0.717, 1.165) is 18.2 Å². The molecular formula is C16H31N5. The summed E-state index contributed by atoms with van der Waals surface area (Å²) in [6, 6.07) is 0.533. The predicted molar refractivity (Wildman–Crippen MR) is 86.2 cm³/mol. The highest BCUT2D eigenvalue weighted by atomic mass is 15.4. The van der Waals surface area contributed by atoms with Gasteiger partial charge in [-0.2, -0.15) is 0 Å². The second-order valence-corrected chi connectivity index (χ2v) is 6.85. The molecule has 5 nitrogen and oxygen atoms in total. The van der Waals surface area contributed by atoms with Gasteiger partial charge in [0.2, 0.25) is 0 Å². The first-order valence-corrected chi connectivity index (χ1v) is 8.36. The van der Waals surface area contributed by atoms with Gasteiger partial charge < -0.3 is 9.80 Å². The van der Waals surface area contributed by atoms with E-state index in [1.54, 1.807) is 0 Å². The molecule has 1 atom stereocenters. The van der Waals surface area contributed by atoms with Gasteiger partial charge in [0.1, 0.15) is 0 Å². The average molecular weight is 293 g/mol. The van der Waals surface area contributed by atoms with Crippen molar-refractivity contribution in [1.29, 1.82) is 0 Å². The Morgan fingerprint density at radius 1 is 1.33 bits per heavy atom. The number of hydrogen-bond donors (Lipinski definition) is 0. The van der Waals surface area contributed by atoms with Crippen LogP contribution in [0.15, 0.2) is 6.20 Å². The summed E-state index contributed by atoms with van der Waals surface area (Å²) in [5.74, 6) is 0.824. The smallest absolute Gasteiger partial charge is 0.0967 e. The summed E-state index contributed by atoms with van der Waals surface area (Å²) in [6.45, 7) is 9.17. The fourth-order valence-electron chi connectivity index (χ4n) is 3.28. The van der Waals surface area contributed by atoms with Crippen molar-refractivity contribution in [2.24, 2.45) is 5.92 Å². The second-order valence-electron chi connectivity index (χ2n) is 6.85. The monoisotopic (exact) mass is 293 g/mol. The van der Waals surface area contributed by atoms with Crippen LogP contribution in [0.25, 0.3) is 0 Å². The minimum atomic E-state index is 0.533. The van der Waals surface area contributed by atoms with Gasteiger partial charge in [-0.15, -0.1) is 5.10 Å². The van der Waals surface area contributed by atoms with Crippen LogP contribution in [0, 0.1) is 5.92 Å². The maximum Gasteiger partial charge on any atom is 0.0967 e. The first-order chi connectivity index (χ1) is 10.1. The second kappa shape index (κ2) is 7.90. The minimum absolute atomic E-state index is 0.533. The molecule has 21 heavy (non-hydrogen) atoms. The van der Waals surface area contributed by atoms with Gasteiger partial charge in [-0.05, 0) is 39.3 Å². The van der Waals surface area contributed by atoms with Crippen molar-refractivity contribution in [2.45, 2.75) is 52.1 Å². The molecule has 0 radical (unpaired) electrons. The molecule has 120 valence electrons. The van der Waals surface area contributed by atoms with Crippen LogP contribution in [-0.2, 0) is 6.54 Å². The van der Waals surface area contributed by atoms with E-state index < -0.39 is 0 Å². The highest BCUT2D eigenvalue weighted by Crippen LogP contribution is 2.23. The van der Waals surface area contributed by atoms with Gasteiger partial charge in [0.25, 0.3) is 0 Å². The van der Waals surface area contributed by atoms with Gasteiger partial charge in [-0.1, -0.05) is 25.5 Å². The van der Waals surface area contributed by atoms with Crippen molar-refractivity contribution < 1.29 is 0 Å². The number of likely N-dealkylation sites (tertiary alicyclic amines) is 1. The van der Waals surface area contributed by atoms with Gasteiger partial charge in [0, 0.05) is 26.2 Å². The standard InChI is InChI=1S/C16H31N5/c1-5-6-14(2)11-20-9-7-16(8-10-20)21-13-15(17-18-21)12-19(3)4/h13-14,16H,5-12H2,1-4H3. The SMILES string of the molecule is CCCC(C)CN1CCC(n2cc(CN(C)C)nn2)CC1. The molecule has 0 aromatic carbocycles. The maximum atomic E-state index is 4.33. The van der Waals surface area contributed by atoms with Crippen molar-refractivity contribution in [3.8, 4) is 0 Å². The summed E-state index contributed by atoms with van der Waals surface area (Å²) in [7, 11) is 4.13. The molecule has 0 amide bonds. The lowest BCUT2D eigenvalue weighted by Crippen LogP contribution is -2.37. The minimum Gasteiger partial charge on any atom is -0.303 e. The summed E-state index contributed by atoms with van der Waals surface area (Å²) < 4.78 is 2.09. The zero-order valence-corrected chi connectivity index (χ0v) is 14.1. The molecule has 2 heterocycles. The normalized spacial score (nSPS) is 19.3. The van der Waals surface area contributed by atoms with E-state index in [1.807, 2.05) is 0 Å². The van der Waals surface area contributed by atoms with E-state index in [-0.39, 0.29) is 0 Å². The van der Waals surface area contributed by atoms with Crippen molar-refractivity contribution in [2.75, 3.05) is 33.7 Å². The highest BCUT2D eigenvalue weighted by molar-refractivity contribution is 4.93. The lowest BCUT2D eigenvalue weighted by Gasteiger charge is -2.33. The van der Waals surface area contributed by atoms with Crippen molar-refractivity contribution in [1.82, 2.24) is 24.8 Å². The summed E-state index contributed by atoms with van der Waals surface area (Å²) in [4.78, 5) is 4.75. The number of rotatable bonds is 7. The van der Waals surface area contributed by atoms with E-state index in [1.165, 1.54) is 45.3 Å². The van der Waals surface area contributed by atoms with Gasteiger partial charge in [0.05, 0.1) is 17.9 Å². The summed E-state index contributed by atoms with van der Waals surface area (Å²) in [6.07, 6.45) is 7.16. The molecule has 5 heteroatoms. The fraction of sp³-hybridized carbons (Fsp3) is 0.875. The Hall–Kier alpha value is -0.940. The largest absolute Gasteiger partial charge is 0.303 e. The van der Waals surface area contributed by atoms with Gasteiger partial charge in [-0.25, -0.2) is 4.68 Å². The average Bonchev–Trinajstić information content (AvgIpc) is 2.87. The molecule has 1 fully saturated rings. The third kappa shape index (κ3) is 5.08. The van der Waals surface area contributed by atoms with Crippen molar-refractivity contribution in [3.63, 3.8) is 0 Å². The number of hydrogen-bond acceptors (Lipinski definition) is 4. The quantitative estimate of drug-likeness (QED) is 0.774. The first-order valence-electron chi connectivity index (χ1n) is 8.36. The van der Waals surface area contributed by atoms with Crippen LogP contribution in [0.4, 0.5) is 0 Å². The van der Waals surface area contributed by atoms with Crippen LogP contribution in [0.3, 0.4) is 0 Å². The maximum absolute atomic E-state index is 4.33. The van der Waals surface area contributed by atoms with E-state index >= 15 is 0 Å². The van der Waals surface area contributed by atoms with Crippen LogP contribution < -0.4 is 0 Å². The zero-order chi connectivity index (χ0) is 15.2. The predicted octanol–water partition coefficient (Wildman–Crippen LogP) is 2.41. The molecule has 1 aliphatic heterocycles. The lowest BCUT2D eigenvalue weighted by molar-refractivity contribution is 0.157. The third-order valence-corrected chi connectivity index (χ3v) is 4.32. The Labute approximate surface area is 129 Å². The number of aromatic nitrogens is 3. The summed E-state index contributed by atoms with van der Waals surface area (Å²) in [5.41, 5.74) is 1.07. The fourth-order valence-corrected chi connectivity index (χ4v) is 3.28. The van der Waals surface area contributed by atoms with Gasteiger partial charge in [0.15, 0.2) is 0 Å². The molecule has 1 aromatic heterocycles. The van der Waals surface area contributed by atoms with E-state index in [9.17, 15) is 0 Å². The van der Waals surface area contributed by atoms with E-state index in [0.29, 0.717) is 6.04 Å². The van der Waals surface area contributed by atoms with Crippen molar-refractivity contribution >= 4 is 0 Å². The molecule has 0 saturated carbocycles. The molecule has 1 unspecified atom stereocenters. The van der Waals surface area contributed by atoms with Crippen LogP contribution in [-0.4, -0.2) is 58.5 Å². The van der Waals surface area contributed by atoms with Crippen LogP contribution in [0.5, 0.6) is 0 Å². The molecule has 1 aliphatic rings. The molecule has 0 spiro atoms. The van der Waals surface area contributed by atoms with Crippen LogP contribution in [0.2, 0.25) is 0 Å². The third-order valence-electron chi connectivity index (χ3n) is 4.32. The number of nitrogens with zero attached hydrogens (tertiary/aromatic N) is 5. The Morgan fingerprint density at radius 2 is 2.05 bits per heavy atom. The van der Waals surface area contributed by atoms with E-state index in [4.69, 9.17) is 0 Å². The first kappa shape index (κ1) is 16.4. The molecule has 0 aliphatic carbocycles. The molecule has 1 saturated heterocycles. The lowest BCUT2D eigenvalue weighted by atomic mass is 10.0. The molecule has 0 bridgehead atoms. The molecule has 0 N–H and O–H groups in total. The van der Waals surface area contributed by atoms with E-state index in [2.05, 4.69) is 58.9 Å². The number of piperidine rings is 1. The molecule has 2 rings (SSSR count). The Balaban J connectivity index is 1.79. The highest BCUT2D eigenvalue weighted by Gasteiger charge is 2.22. The Morgan fingerprint density at radius 3 is 2.67 bits per heavy atom. The van der Waals surface area contributed by atoms with Crippen molar-refractivity contribution in [3.05, 3.63) is 11.9 Å². The van der Waals surface area contributed by atoms with Gasteiger partial charge in [-0.3, -0.25) is 0 Å². The molecule has 1 aromatic rings. The molecular weight excluding hydrogens is 262 g/mol.